The van der Waals surface area contributed by atoms with E-state index in [0.717, 1.165) is 10.3 Å². The van der Waals surface area contributed by atoms with E-state index in [2.05, 4.69) is 26.2 Å². The van der Waals surface area contributed by atoms with E-state index in [-0.39, 0.29) is 6.42 Å². The Kier molecular flexibility index (Phi) is 4.39. The van der Waals surface area contributed by atoms with E-state index in [9.17, 15) is 4.79 Å². The lowest BCUT2D eigenvalue weighted by Gasteiger charge is -2.05. The molecule has 1 aromatic rings. The maximum atomic E-state index is 10.2. The molecule has 0 fully saturated rings. The van der Waals surface area contributed by atoms with Crippen molar-refractivity contribution >= 4 is 27.7 Å². The summed E-state index contributed by atoms with van der Waals surface area (Å²) < 4.78 is 0.885. The van der Waals surface area contributed by atoms with Crippen LogP contribution in [0.5, 0.6) is 0 Å². The van der Waals surface area contributed by atoms with Crippen LogP contribution in [0.25, 0.3) is 0 Å². The minimum Gasteiger partial charge on any atom is -0.481 e. The highest BCUT2D eigenvalue weighted by Gasteiger charge is 1.99. The molecule has 0 unspecified atom stereocenters. The Bertz CT molecular complexity index is 317. The molecule has 1 heterocycles. The van der Waals surface area contributed by atoms with Gasteiger partial charge in [-0.25, -0.2) is 4.98 Å². The molecule has 0 amide bonds. The van der Waals surface area contributed by atoms with Gasteiger partial charge in [0, 0.05) is 19.2 Å². The Hall–Kier alpha value is -1.10. The monoisotopic (exact) mass is 258 g/mol. The van der Waals surface area contributed by atoms with Crippen LogP contribution in [0.3, 0.4) is 0 Å². The van der Waals surface area contributed by atoms with Gasteiger partial charge in [-0.2, -0.15) is 0 Å². The third-order valence-corrected chi connectivity index (χ3v) is 2.26. The number of carboxylic acid groups (broad SMARTS) is 1. The van der Waals surface area contributed by atoms with E-state index in [4.69, 9.17) is 5.11 Å². The molecule has 0 aliphatic carbocycles. The van der Waals surface area contributed by atoms with Crippen LogP contribution in [0.1, 0.15) is 12.8 Å². The Labute approximate surface area is 90.5 Å². The molecule has 0 spiro atoms. The third-order valence-electron chi connectivity index (χ3n) is 1.62. The smallest absolute Gasteiger partial charge is 0.303 e. The molecule has 0 saturated heterocycles. The first-order valence-corrected chi connectivity index (χ1v) is 5.05. The molecule has 0 bridgehead atoms. The SMILES string of the molecule is O=C(O)CCCNc1ncccc1Br. The van der Waals surface area contributed by atoms with Crippen molar-refractivity contribution in [3.63, 3.8) is 0 Å². The van der Waals surface area contributed by atoms with Crippen LogP contribution >= 0.6 is 15.9 Å². The topological polar surface area (TPSA) is 62.2 Å². The Balaban J connectivity index is 2.31. The van der Waals surface area contributed by atoms with Crippen LogP contribution < -0.4 is 5.32 Å². The number of halogens is 1. The second kappa shape index (κ2) is 5.59. The average Bonchev–Trinajstić information content (AvgIpc) is 2.15. The van der Waals surface area contributed by atoms with E-state index in [1.165, 1.54) is 0 Å². The molecule has 14 heavy (non-hydrogen) atoms. The molecular formula is C9H11BrN2O2. The van der Waals surface area contributed by atoms with Crippen molar-refractivity contribution in [2.75, 3.05) is 11.9 Å². The number of carboxylic acids is 1. The summed E-state index contributed by atoms with van der Waals surface area (Å²) in [5, 5.41) is 11.5. The molecular weight excluding hydrogens is 248 g/mol. The molecule has 1 rings (SSSR count). The van der Waals surface area contributed by atoms with Crippen molar-refractivity contribution in [2.45, 2.75) is 12.8 Å². The Morgan fingerprint density at radius 1 is 1.64 bits per heavy atom. The minimum absolute atomic E-state index is 0.178. The molecule has 0 aliphatic heterocycles. The summed E-state index contributed by atoms with van der Waals surface area (Å²) in [7, 11) is 0. The van der Waals surface area contributed by atoms with Crippen molar-refractivity contribution < 1.29 is 9.90 Å². The van der Waals surface area contributed by atoms with Gasteiger partial charge in [-0.15, -0.1) is 0 Å². The van der Waals surface area contributed by atoms with Gasteiger partial charge < -0.3 is 10.4 Å². The van der Waals surface area contributed by atoms with Crippen LogP contribution in [-0.2, 0) is 4.79 Å². The summed E-state index contributed by atoms with van der Waals surface area (Å²) in [6.45, 7) is 0.613. The fourth-order valence-corrected chi connectivity index (χ4v) is 1.36. The highest BCUT2D eigenvalue weighted by molar-refractivity contribution is 9.10. The third kappa shape index (κ3) is 3.74. The summed E-state index contributed by atoms with van der Waals surface area (Å²) in [6.07, 6.45) is 2.46. The number of hydrogen-bond acceptors (Lipinski definition) is 3. The summed E-state index contributed by atoms with van der Waals surface area (Å²) in [4.78, 5) is 14.3. The van der Waals surface area contributed by atoms with Gasteiger partial charge in [0.25, 0.3) is 0 Å². The lowest BCUT2D eigenvalue weighted by Crippen LogP contribution is -2.06. The van der Waals surface area contributed by atoms with Crippen molar-refractivity contribution in [1.82, 2.24) is 4.98 Å². The van der Waals surface area contributed by atoms with Crippen molar-refractivity contribution in [3.8, 4) is 0 Å². The second-order valence-corrected chi connectivity index (χ2v) is 3.61. The molecule has 2 N–H and O–H groups in total. The average molecular weight is 259 g/mol. The number of pyridine rings is 1. The zero-order valence-electron chi connectivity index (χ0n) is 7.53. The molecule has 5 heteroatoms. The zero-order chi connectivity index (χ0) is 10.4. The maximum absolute atomic E-state index is 10.2. The first-order chi connectivity index (χ1) is 6.70. The minimum atomic E-state index is -0.771. The summed E-state index contributed by atoms with van der Waals surface area (Å²) in [5.41, 5.74) is 0. The van der Waals surface area contributed by atoms with Gasteiger partial charge in [0.15, 0.2) is 0 Å². The highest BCUT2D eigenvalue weighted by Crippen LogP contribution is 2.17. The fraction of sp³-hybridized carbons (Fsp3) is 0.333. The Morgan fingerprint density at radius 3 is 3.07 bits per heavy atom. The van der Waals surface area contributed by atoms with Crippen LogP contribution in [0.2, 0.25) is 0 Å². The quantitative estimate of drug-likeness (QED) is 0.795. The number of nitrogens with one attached hydrogen (secondary N) is 1. The van der Waals surface area contributed by atoms with Gasteiger partial charge >= 0.3 is 5.97 Å². The van der Waals surface area contributed by atoms with Gasteiger partial charge in [-0.05, 0) is 34.5 Å². The second-order valence-electron chi connectivity index (χ2n) is 2.76. The van der Waals surface area contributed by atoms with Gasteiger partial charge in [-0.3, -0.25) is 4.79 Å². The molecule has 0 saturated carbocycles. The van der Waals surface area contributed by atoms with Gasteiger partial charge in [-0.1, -0.05) is 0 Å². The largest absolute Gasteiger partial charge is 0.481 e. The molecule has 0 radical (unpaired) electrons. The molecule has 76 valence electrons. The van der Waals surface area contributed by atoms with Crippen LogP contribution in [0, 0.1) is 0 Å². The van der Waals surface area contributed by atoms with Crippen molar-refractivity contribution in [2.24, 2.45) is 0 Å². The Morgan fingerprint density at radius 2 is 2.43 bits per heavy atom. The number of rotatable bonds is 5. The van der Waals surface area contributed by atoms with E-state index < -0.39 is 5.97 Å². The van der Waals surface area contributed by atoms with Crippen molar-refractivity contribution in [3.05, 3.63) is 22.8 Å². The first-order valence-electron chi connectivity index (χ1n) is 4.26. The molecule has 0 aliphatic rings. The zero-order valence-corrected chi connectivity index (χ0v) is 9.12. The van der Waals surface area contributed by atoms with Crippen LogP contribution in [0.15, 0.2) is 22.8 Å². The molecule has 0 aromatic carbocycles. The van der Waals surface area contributed by atoms with Crippen molar-refractivity contribution in [1.29, 1.82) is 0 Å². The molecule has 0 atom stereocenters. The van der Waals surface area contributed by atoms with Crippen LogP contribution in [-0.4, -0.2) is 22.6 Å². The normalized spacial score (nSPS) is 9.79. The van der Waals surface area contributed by atoms with Gasteiger partial charge in [0.1, 0.15) is 5.82 Å². The van der Waals surface area contributed by atoms with E-state index in [0.29, 0.717) is 13.0 Å². The number of aliphatic carboxylic acids is 1. The number of aromatic nitrogens is 1. The maximum Gasteiger partial charge on any atom is 0.303 e. The van der Waals surface area contributed by atoms with Crippen LogP contribution in [0.4, 0.5) is 5.82 Å². The molecule has 4 nitrogen and oxygen atoms in total. The van der Waals surface area contributed by atoms with E-state index in [1.807, 2.05) is 12.1 Å². The standard InChI is InChI=1S/C9H11BrN2O2/c10-7-3-1-5-11-9(7)12-6-2-4-8(13)14/h1,3,5H,2,4,6H2,(H,11,12)(H,13,14). The lowest BCUT2D eigenvalue weighted by molar-refractivity contribution is -0.137. The lowest BCUT2D eigenvalue weighted by atomic mass is 10.3. The van der Waals surface area contributed by atoms with E-state index >= 15 is 0 Å². The number of hydrogen-bond donors (Lipinski definition) is 2. The fourth-order valence-electron chi connectivity index (χ4n) is 0.962. The summed E-state index contributed by atoms with van der Waals surface area (Å²) in [6, 6.07) is 3.71. The summed E-state index contributed by atoms with van der Waals surface area (Å²) in [5.74, 6) is -0.0234. The number of carbonyl (C=O) groups is 1. The predicted molar refractivity (Wildman–Crippen MR) is 57.3 cm³/mol. The number of nitrogens with zero attached hydrogens (tertiary/aromatic N) is 1. The predicted octanol–water partition coefficient (Wildman–Crippen LogP) is 2.12. The first kappa shape index (κ1) is 11.0. The molecule has 1 aromatic heterocycles. The highest BCUT2D eigenvalue weighted by atomic mass is 79.9. The summed E-state index contributed by atoms with van der Waals surface area (Å²) >= 11 is 3.34. The van der Waals surface area contributed by atoms with E-state index in [1.54, 1.807) is 6.20 Å². The number of anilines is 1. The van der Waals surface area contributed by atoms with Gasteiger partial charge in [0.05, 0.1) is 4.47 Å². The van der Waals surface area contributed by atoms with Gasteiger partial charge in [0.2, 0.25) is 0 Å².